The standard InChI is InChI=1S/3C12H10I.BO3/c3*1-3-7-11(8-4-1)13-12-9-5-2-6-10-12;2-1(3)4/h3*1-10H;/q3*+1;-3. The van der Waals surface area contributed by atoms with Crippen molar-refractivity contribution < 1.29 is 78.7 Å². The molecule has 0 bridgehead atoms. The summed E-state index contributed by atoms with van der Waals surface area (Å²) in [4.78, 5) is 0. The van der Waals surface area contributed by atoms with Crippen LogP contribution >= 0.6 is 0 Å². The van der Waals surface area contributed by atoms with Crippen LogP contribution in [0.2, 0.25) is 0 Å². The van der Waals surface area contributed by atoms with E-state index in [0.717, 1.165) is 0 Å². The van der Waals surface area contributed by atoms with E-state index in [4.69, 9.17) is 15.1 Å². The minimum Gasteiger partial charge on any atom is -0.907 e. The molecule has 0 saturated heterocycles. The second-order valence-electron chi connectivity index (χ2n) is 8.35. The molecule has 6 aromatic rings. The summed E-state index contributed by atoms with van der Waals surface area (Å²) in [6, 6.07) is 64.2. The van der Waals surface area contributed by atoms with Crippen LogP contribution in [0.5, 0.6) is 0 Å². The highest BCUT2D eigenvalue weighted by Crippen LogP contribution is 1.88. The highest BCUT2D eigenvalue weighted by Gasteiger charge is 2.14. The van der Waals surface area contributed by atoms with Gasteiger partial charge in [-0.05, 0) is 72.8 Å². The molecule has 0 N–H and O–H groups in total. The first-order valence-electron chi connectivity index (χ1n) is 13.3. The number of rotatable bonds is 6. The number of halogens is 3. The zero-order valence-corrected chi connectivity index (χ0v) is 29.7. The molecule has 43 heavy (non-hydrogen) atoms. The van der Waals surface area contributed by atoms with Crippen LogP contribution in [0.15, 0.2) is 182 Å². The Hall–Kier alpha value is -2.55. The topological polar surface area (TPSA) is 69.2 Å². The average Bonchev–Trinajstić information content (AvgIpc) is 3.05. The summed E-state index contributed by atoms with van der Waals surface area (Å²) in [7, 11) is -2.92. The van der Waals surface area contributed by atoms with Gasteiger partial charge in [-0.1, -0.05) is 109 Å². The SMILES string of the molecule is [O-]B([O-])[O-].c1ccc([I+]c2ccccc2)cc1.c1ccc([I+]c2ccccc2)cc1.c1ccc([I+]c2ccccc2)cc1. The van der Waals surface area contributed by atoms with Gasteiger partial charge in [0.05, 0.1) is 0 Å². The van der Waals surface area contributed by atoms with Crippen LogP contribution in [0.1, 0.15) is 0 Å². The van der Waals surface area contributed by atoms with Crippen molar-refractivity contribution in [3.05, 3.63) is 203 Å². The Kier molecular flexibility index (Phi) is 17.9. The van der Waals surface area contributed by atoms with Crippen LogP contribution in [0.3, 0.4) is 0 Å². The van der Waals surface area contributed by atoms with Gasteiger partial charge in [0.15, 0.2) is 21.4 Å². The highest BCUT2D eigenvalue weighted by atomic mass is 127. The molecular formula is C36H30BI3O3. The van der Waals surface area contributed by atoms with Crippen molar-refractivity contribution >= 4 is 7.32 Å². The molecule has 0 aromatic heterocycles. The monoisotopic (exact) mass is 902 g/mol. The van der Waals surface area contributed by atoms with Gasteiger partial charge >= 0.3 is 63.6 Å². The number of hydrogen-bond donors (Lipinski definition) is 0. The predicted molar refractivity (Wildman–Crippen MR) is 157 cm³/mol. The maximum Gasteiger partial charge on any atom is 0.357 e. The van der Waals surface area contributed by atoms with Crippen molar-refractivity contribution in [2.75, 3.05) is 0 Å². The first kappa shape index (κ1) is 34.9. The normalized spacial score (nSPS) is 9.56. The lowest BCUT2D eigenvalue weighted by atomic mass is 10.3. The van der Waals surface area contributed by atoms with Crippen molar-refractivity contribution in [1.82, 2.24) is 0 Å². The molecule has 0 aliphatic rings. The Morgan fingerprint density at radius 1 is 0.256 bits per heavy atom. The summed E-state index contributed by atoms with van der Waals surface area (Å²) in [5.41, 5.74) is 0. The van der Waals surface area contributed by atoms with Gasteiger partial charge in [-0.25, -0.2) is 0 Å². The maximum atomic E-state index is 8.42. The van der Waals surface area contributed by atoms with Gasteiger partial charge in [0, 0.05) is 0 Å². The van der Waals surface area contributed by atoms with E-state index in [-0.39, 0.29) is 63.6 Å². The fourth-order valence-electron chi connectivity index (χ4n) is 3.24. The molecule has 0 unspecified atom stereocenters. The van der Waals surface area contributed by atoms with Crippen molar-refractivity contribution in [2.45, 2.75) is 0 Å². The number of benzene rings is 6. The summed E-state index contributed by atoms with van der Waals surface area (Å²) in [6.07, 6.45) is 0. The second-order valence-corrected chi connectivity index (χ2v) is 17.4. The lowest BCUT2D eigenvalue weighted by Crippen LogP contribution is -3.61. The third-order valence-electron chi connectivity index (χ3n) is 5.05. The zero-order chi connectivity index (χ0) is 30.4. The Balaban J connectivity index is 0.000000166. The first-order chi connectivity index (χ1) is 21.1. The van der Waals surface area contributed by atoms with E-state index >= 15 is 0 Å². The zero-order valence-electron chi connectivity index (χ0n) is 23.3. The number of hydrogen-bond acceptors (Lipinski definition) is 3. The van der Waals surface area contributed by atoms with Crippen LogP contribution in [0.25, 0.3) is 0 Å². The highest BCUT2D eigenvalue weighted by molar-refractivity contribution is 6.24. The van der Waals surface area contributed by atoms with Gasteiger partial charge in [0.1, 0.15) is 0 Å². The van der Waals surface area contributed by atoms with Crippen molar-refractivity contribution in [2.24, 2.45) is 0 Å². The Morgan fingerprint density at radius 3 is 0.488 bits per heavy atom. The third kappa shape index (κ3) is 16.8. The van der Waals surface area contributed by atoms with Gasteiger partial charge in [-0.2, -0.15) is 0 Å². The molecule has 0 fully saturated rings. The molecule has 7 heteroatoms. The molecular weight excluding hydrogens is 872 g/mol. The van der Waals surface area contributed by atoms with E-state index in [1.807, 2.05) is 0 Å². The second kappa shape index (κ2) is 22.0. The van der Waals surface area contributed by atoms with Gasteiger partial charge in [-0.15, -0.1) is 0 Å². The van der Waals surface area contributed by atoms with Crippen molar-refractivity contribution in [1.29, 1.82) is 0 Å². The molecule has 0 aliphatic carbocycles. The Bertz CT molecular complexity index is 1200. The summed E-state index contributed by atoms with van der Waals surface area (Å²) in [6.45, 7) is 0. The molecule has 0 saturated carbocycles. The van der Waals surface area contributed by atoms with E-state index in [1.54, 1.807) is 0 Å². The lowest BCUT2D eigenvalue weighted by molar-refractivity contribution is -0.597. The maximum absolute atomic E-state index is 8.42. The average molecular weight is 902 g/mol. The molecule has 0 amide bonds. The van der Waals surface area contributed by atoms with Crippen LogP contribution in [0.4, 0.5) is 0 Å². The Labute approximate surface area is 286 Å². The summed E-state index contributed by atoms with van der Waals surface area (Å²) >= 11 is 0.0861. The van der Waals surface area contributed by atoms with Gasteiger partial charge in [-0.3, -0.25) is 7.32 Å². The van der Waals surface area contributed by atoms with Crippen molar-refractivity contribution in [3.63, 3.8) is 0 Å². The van der Waals surface area contributed by atoms with E-state index in [9.17, 15) is 0 Å². The quantitative estimate of drug-likeness (QED) is 0.125. The summed E-state index contributed by atoms with van der Waals surface area (Å²) in [5.74, 6) is 0. The van der Waals surface area contributed by atoms with Gasteiger partial charge < -0.3 is 15.1 Å². The minimum absolute atomic E-state index is 0.0287. The fourth-order valence-corrected chi connectivity index (χ4v) is 10.1. The molecule has 0 spiro atoms. The largest absolute Gasteiger partial charge is 0.907 e. The molecule has 6 rings (SSSR count). The smallest absolute Gasteiger partial charge is 0.357 e. The van der Waals surface area contributed by atoms with E-state index < -0.39 is 7.32 Å². The molecule has 0 radical (unpaired) electrons. The van der Waals surface area contributed by atoms with Crippen molar-refractivity contribution in [3.8, 4) is 0 Å². The van der Waals surface area contributed by atoms with E-state index in [2.05, 4.69) is 182 Å². The third-order valence-corrected chi connectivity index (χ3v) is 13.1. The molecule has 3 nitrogen and oxygen atoms in total. The fraction of sp³-hybridized carbons (Fsp3) is 0. The molecule has 216 valence electrons. The first-order valence-corrected chi connectivity index (χ1v) is 19.8. The van der Waals surface area contributed by atoms with Crippen LogP contribution in [-0.4, -0.2) is 7.32 Å². The minimum atomic E-state index is -2.92. The van der Waals surface area contributed by atoms with E-state index in [0.29, 0.717) is 0 Å². The van der Waals surface area contributed by atoms with Gasteiger partial charge in [0.2, 0.25) is 0 Å². The van der Waals surface area contributed by atoms with Crippen LogP contribution < -0.4 is 78.7 Å². The van der Waals surface area contributed by atoms with Gasteiger partial charge in [0.25, 0.3) is 0 Å². The van der Waals surface area contributed by atoms with Crippen LogP contribution in [-0.2, 0) is 0 Å². The summed E-state index contributed by atoms with van der Waals surface area (Å²) < 4.78 is 8.88. The van der Waals surface area contributed by atoms with Crippen LogP contribution in [0, 0.1) is 21.4 Å². The lowest BCUT2D eigenvalue weighted by Gasteiger charge is -2.35. The molecule has 0 aliphatic heterocycles. The molecule has 0 heterocycles. The Morgan fingerprint density at radius 2 is 0.372 bits per heavy atom. The predicted octanol–water partition coefficient (Wildman–Crippen LogP) is -4.50. The van der Waals surface area contributed by atoms with E-state index in [1.165, 1.54) is 21.4 Å². The summed E-state index contributed by atoms with van der Waals surface area (Å²) in [5, 5.41) is 25.2. The molecule has 6 aromatic carbocycles. The molecule has 0 atom stereocenters.